The fraction of sp³-hybridized carbons (Fsp3) is 0.0172. The van der Waals surface area contributed by atoms with E-state index in [0.717, 1.165) is 60.6 Å². The highest BCUT2D eigenvalue weighted by Crippen LogP contribution is 2.65. The van der Waals surface area contributed by atoms with Gasteiger partial charge in [-0.05, 0) is 111 Å². The number of fused-ring (bicyclic) bond motifs is 20. The SMILES string of the molecule is c1ccc(-c2nc(-c3ccc4sc5ccccc5c4c3)nc(-c3ccc4oc5ccc6c(c5c4c3)C3(c4ccccc4-c4ccccc43)c3cc4oc5ccccc5c4cc3-6)n2)cc1. The zero-order valence-electron chi connectivity index (χ0n) is 34.0. The highest BCUT2D eigenvalue weighted by Gasteiger charge is 2.53. The van der Waals surface area contributed by atoms with Crippen LogP contribution in [-0.4, -0.2) is 15.0 Å². The maximum Gasteiger partial charge on any atom is 0.164 e. The highest BCUT2D eigenvalue weighted by molar-refractivity contribution is 7.25. The van der Waals surface area contributed by atoms with Crippen LogP contribution in [0.5, 0.6) is 0 Å². The van der Waals surface area contributed by atoms with Crippen LogP contribution in [0.15, 0.2) is 197 Å². The molecule has 0 N–H and O–H groups in total. The third kappa shape index (κ3) is 4.49. The van der Waals surface area contributed by atoms with Crippen molar-refractivity contribution in [2.75, 3.05) is 0 Å². The fourth-order valence-corrected chi connectivity index (χ4v) is 12.2. The topological polar surface area (TPSA) is 65.0 Å². The largest absolute Gasteiger partial charge is 0.456 e. The van der Waals surface area contributed by atoms with Gasteiger partial charge in [0.15, 0.2) is 17.5 Å². The Balaban J connectivity index is 1.01. The van der Waals surface area contributed by atoms with E-state index in [1.165, 1.54) is 64.7 Å². The van der Waals surface area contributed by atoms with Crippen LogP contribution in [0.1, 0.15) is 22.3 Å². The molecule has 64 heavy (non-hydrogen) atoms. The van der Waals surface area contributed by atoms with Crippen molar-refractivity contribution in [2.45, 2.75) is 5.41 Å². The molecule has 4 heterocycles. The molecule has 296 valence electrons. The summed E-state index contributed by atoms with van der Waals surface area (Å²) in [6.45, 7) is 0. The molecule has 0 saturated heterocycles. The minimum Gasteiger partial charge on any atom is -0.456 e. The number of nitrogens with zero attached hydrogens (tertiary/aromatic N) is 3. The lowest BCUT2D eigenvalue weighted by molar-refractivity contribution is 0.666. The summed E-state index contributed by atoms with van der Waals surface area (Å²) in [5.74, 6) is 1.86. The number of rotatable bonds is 3. The number of furan rings is 2. The Morgan fingerprint density at radius 2 is 0.938 bits per heavy atom. The molecule has 0 bridgehead atoms. The van der Waals surface area contributed by atoms with E-state index in [-0.39, 0.29) is 0 Å². The predicted octanol–water partition coefficient (Wildman–Crippen LogP) is 15.4. The molecule has 13 aromatic rings. The van der Waals surface area contributed by atoms with Crippen LogP contribution in [0.2, 0.25) is 0 Å². The molecule has 0 saturated carbocycles. The second-order valence-corrected chi connectivity index (χ2v) is 18.1. The molecule has 5 nitrogen and oxygen atoms in total. The molecular weight excluding hydrogens is 803 g/mol. The van der Waals surface area contributed by atoms with Crippen LogP contribution in [0.4, 0.5) is 0 Å². The zero-order valence-corrected chi connectivity index (χ0v) is 34.8. The van der Waals surface area contributed by atoms with Gasteiger partial charge in [-0.15, -0.1) is 11.3 Å². The maximum atomic E-state index is 6.85. The number of hydrogen-bond acceptors (Lipinski definition) is 6. The Morgan fingerprint density at radius 3 is 1.73 bits per heavy atom. The predicted molar refractivity (Wildman–Crippen MR) is 260 cm³/mol. The van der Waals surface area contributed by atoms with Gasteiger partial charge in [-0.2, -0.15) is 0 Å². The van der Waals surface area contributed by atoms with E-state index in [0.29, 0.717) is 17.5 Å². The van der Waals surface area contributed by atoms with E-state index in [2.05, 4.69) is 164 Å². The zero-order chi connectivity index (χ0) is 41.7. The van der Waals surface area contributed by atoms with Gasteiger partial charge in [0, 0.05) is 58.4 Å². The molecule has 4 aromatic heterocycles. The molecule has 0 radical (unpaired) electrons. The summed E-state index contributed by atoms with van der Waals surface area (Å²) >= 11 is 1.81. The number of para-hydroxylation sites is 1. The summed E-state index contributed by atoms with van der Waals surface area (Å²) in [6, 6.07) is 67.0. The molecule has 0 fully saturated rings. The van der Waals surface area contributed by atoms with Crippen LogP contribution in [0, 0.1) is 0 Å². The van der Waals surface area contributed by atoms with E-state index >= 15 is 0 Å². The second kappa shape index (κ2) is 12.5. The van der Waals surface area contributed by atoms with Gasteiger partial charge in [0.1, 0.15) is 22.3 Å². The van der Waals surface area contributed by atoms with E-state index in [1.54, 1.807) is 11.3 Å². The molecule has 15 rings (SSSR count). The van der Waals surface area contributed by atoms with E-state index < -0.39 is 5.41 Å². The van der Waals surface area contributed by atoms with E-state index in [9.17, 15) is 0 Å². The van der Waals surface area contributed by atoms with Gasteiger partial charge < -0.3 is 8.83 Å². The standard InChI is InChI=1S/C58H31N3O2S/c1-2-12-32(13-3-1)55-59-56(61-57(60-55)34-23-27-52-42(28-34)38-17-7-11-21-51(38)64-52)33-22-25-48-43(29-33)53-49(62-48)26-24-39-40-30-41-37-16-6-10-20-47(37)63-50(41)31-46(40)58(54(39)53)44-18-8-4-14-35(44)36-15-5-9-19-45(36)58/h1-31H. The summed E-state index contributed by atoms with van der Waals surface area (Å²) in [5.41, 5.74) is 15.4. The minimum absolute atomic E-state index is 0.602. The number of thiophene rings is 1. The third-order valence-corrected chi connectivity index (χ3v) is 14.9. The summed E-state index contributed by atoms with van der Waals surface area (Å²) < 4.78 is 16.0. The number of aromatic nitrogens is 3. The van der Waals surface area contributed by atoms with Crippen LogP contribution in [0.25, 0.3) is 120 Å². The van der Waals surface area contributed by atoms with Crippen LogP contribution >= 0.6 is 11.3 Å². The van der Waals surface area contributed by atoms with Crippen LogP contribution in [0.3, 0.4) is 0 Å². The lowest BCUT2D eigenvalue weighted by Crippen LogP contribution is -2.26. The van der Waals surface area contributed by atoms with Gasteiger partial charge in [-0.1, -0.05) is 121 Å². The summed E-state index contributed by atoms with van der Waals surface area (Å²) in [6.07, 6.45) is 0. The van der Waals surface area contributed by atoms with Crippen molar-refractivity contribution < 1.29 is 8.83 Å². The van der Waals surface area contributed by atoms with Crippen molar-refractivity contribution in [2.24, 2.45) is 0 Å². The average molecular weight is 834 g/mol. The quantitative estimate of drug-likeness (QED) is 0.177. The van der Waals surface area contributed by atoms with E-state index in [1.807, 2.05) is 24.3 Å². The molecule has 0 atom stereocenters. The number of hydrogen-bond donors (Lipinski definition) is 0. The summed E-state index contributed by atoms with van der Waals surface area (Å²) in [7, 11) is 0. The first kappa shape index (κ1) is 34.4. The molecule has 2 aliphatic carbocycles. The lowest BCUT2D eigenvalue weighted by Gasteiger charge is -2.31. The number of benzene rings is 9. The van der Waals surface area contributed by atoms with Gasteiger partial charge in [0.2, 0.25) is 0 Å². The lowest BCUT2D eigenvalue weighted by atomic mass is 9.69. The molecule has 9 aromatic carbocycles. The smallest absolute Gasteiger partial charge is 0.164 e. The average Bonchev–Trinajstić information content (AvgIpc) is 4.15. The van der Waals surface area contributed by atoms with Crippen molar-refractivity contribution in [3.8, 4) is 56.4 Å². The van der Waals surface area contributed by atoms with Gasteiger partial charge in [0.05, 0.1) is 5.41 Å². The van der Waals surface area contributed by atoms with Crippen molar-refractivity contribution in [3.63, 3.8) is 0 Å². The van der Waals surface area contributed by atoms with Gasteiger partial charge in [-0.3, -0.25) is 0 Å². The molecule has 1 spiro atoms. The Labute approximate surface area is 369 Å². The normalized spacial score (nSPS) is 13.4. The maximum absolute atomic E-state index is 6.85. The first-order chi connectivity index (χ1) is 31.7. The molecule has 0 aliphatic heterocycles. The molecule has 0 unspecified atom stereocenters. The Morgan fingerprint density at radius 1 is 0.344 bits per heavy atom. The van der Waals surface area contributed by atoms with Crippen LogP contribution < -0.4 is 0 Å². The Kier molecular flexibility index (Phi) is 6.70. The fourth-order valence-electron chi connectivity index (χ4n) is 11.1. The second-order valence-electron chi connectivity index (χ2n) is 17.0. The molecule has 6 heteroatoms. The van der Waals surface area contributed by atoms with Crippen molar-refractivity contribution >= 4 is 75.4 Å². The summed E-state index contributed by atoms with van der Waals surface area (Å²) in [4.78, 5) is 15.6. The molecule has 0 amide bonds. The molecular formula is C58H31N3O2S. The Bertz CT molecular complexity index is 4110. The monoisotopic (exact) mass is 833 g/mol. The van der Waals surface area contributed by atoms with Crippen molar-refractivity contribution in [1.82, 2.24) is 15.0 Å². The van der Waals surface area contributed by atoms with Gasteiger partial charge in [-0.25, -0.2) is 15.0 Å². The van der Waals surface area contributed by atoms with Crippen molar-refractivity contribution in [1.29, 1.82) is 0 Å². The third-order valence-electron chi connectivity index (χ3n) is 13.7. The first-order valence-electron chi connectivity index (χ1n) is 21.6. The van der Waals surface area contributed by atoms with Gasteiger partial charge in [0.25, 0.3) is 0 Å². The van der Waals surface area contributed by atoms with E-state index in [4.69, 9.17) is 23.8 Å². The highest BCUT2D eigenvalue weighted by atomic mass is 32.1. The summed E-state index contributed by atoms with van der Waals surface area (Å²) in [5, 5.41) is 6.77. The van der Waals surface area contributed by atoms with Crippen LogP contribution in [-0.2, 0) is 5.41 Å². The Hall–Kier alpha value is -8.19. The first-order valence-corrected chi connectivity index (χ1v) is 22.4. The van der Waals surface area contributed by atoms with Gasteiger partial charge >= 0.3 is 0 Å². The molecule has 2 aliphatic rings. The van der Waals surface area contributed by atoms with Crippen molar-refractivity contribution in [3.05, 3.63) is 210 Å². The minimum atomic E-state index is -0.636.